The molecule has 1 aliphatic carbocycles. The fourth-order valence-electron chi connectivity index (χ4n) is 3.27. The first kappa shape index (κ1) is 15.4. The van der Waals surface area contributed by atoms with Gasteiger partial charge in [0.1, 0.15) is 12.1 Å². The minimum absolute atomic E-state index is 0.591. The lowest BCUT2D eigenvalue weighted by Gasteiger charge is -2.32. The van der Waals surface area contributed by atoms with Crippen LogP contribution >= 0.6 is 0 Å². The van der Waals surface area contributed by atoms with Gasteiger partial charge in [-0.05, 0) is 44.6 Å². The van der Waals surface area contributed by atoms with E-state index in [0.717, 1.165) is 49.9 Å². The highest BCUT2D eigenvalue weighted by Gasteiger charge is 2.27. The first-order valence-corrected chi connectivity index (χ1v) is 8.91. The normalized spacial score (nSPS) is 18.6. The molecule has 4 rings (SSSR count). The Labute approximate surface area is 143 Å². The molecule has 2 aliphatic rings. The number of rotatable bonds is 5. The monoisotopic (exact) mass is 324 g/mol. The number of hydrogen-bond donors (Lipinski definition) is 0. The van der Waals surface area contributed by atoms with Crippen molar-refractivity contribution in [1.82, 2.24) is 15.0 Å². The number of aryl methyl sites for hydroxylation is 1. The van der Waals surface area contributed by atoms with Gasteiger partial charge in [0.25, 0.3) is 0 Å². The number of ether oxygens (including phenoxy) is 1. The van der Waals surface area contributed by atoms with Crippen LogP contribution < -0.4 is 9.64 Å². The van der Waals surface area contributed by atoms with E-state index in [2.05, 4.69) is 25.9 Å². The molecule has 0 radical (unpaired) electrons. The first-order chi connectivity index (χ1) is 11.8. The predicted molar refractivity (Wildman–Crippen MR) is 93.4 cm³/mol. The number of aromatic nitrogens is 3. The van der Waals surface area contributed by atoms with E-state index in [1.165, 1.54) is 18.5 Å². The van der Waals surface area contributed by atoms with Gasteiger partial charge in [-0.1, -0.05) is 6.07 Å². The lowest BCUT2D eigenvalue weighted by Crippen LogP contribution is -2.36. The van der Waals surface area contributed by atoms with Gasteiger partial charge in [0.2, 0.25) is 5.88 Å². The van der Waals surface area contributed by atoms with Crippen LogP contribution in [0.1, 0.15) is 43.0 Å². The van der Waals surface area contributed by atoms with Crippen LogP contribution in [-0.4, -0.2) is 34.6 Å². The largest absolute Gasteiger partial charge is 0.477 e. The maximum atomic E-state index is 5.87. The molecule has 0 bridgehead atoms. The van der Waals surface area contributed by atoms with Crippen molar-refractivity contribution in [3.8, 4) is 5.88 Å². The fourth-order valence-corrected chi connectivity index (χ4v) is 3.27. The maximum Gasteiger partial charge on any atom is 0.213 e. The van der Waals surface area contributed by atoms with Gasteiger partial charge in [0, 0.05) is 42.5 Å². The van der Waals surface area contributed by atoms with E-state index in [4.69, 9.17) is 4.74 Å². The van der Waals surface area contributed by atoms with Crippen LogP contribution in [0.4, 0.5) is 5.82 Å². The van der Waals surface area contributed by atoms with Crippen LogP contribution in [0.15, 0.2) is 30.6 Å². The van der Waals surface area contributed by atoms with Crippen molar-refractivity contribution >= 4 is 5.82 Å². The van der Waals surface area contributed by atoms with Crippen molar-refractivity contribution < 1.29 is 4.74 Å². The molecule has 1 saturated carbocycles. The summed E-state index contributed by atoms with van der Waals surface area (Å²) >= 11 is 0. The Balaban J connectivity index is 1.29. The molecule has 2 aromatic rings. The fraction of sp³-hybridized carbons (Fsp3) is 0.526. The molecule has 126 valence electrons. The van der Waals surface area contributed by atoms with E-state index in [0.29, 0.717) is 11.8 Å². The van der Waals surface area contributed by atoms with Gasteiger partial charge in [0.15, 0.2) is 0 Å². The Kier molecular flexibility index (Phi) is 4.32. The van der Waals surface area contributed by atoms with Crippen LogP contribution in [0.5, 0.6) is 5.88 Å². The summed E-state index contributed by atoms with van der Waals surface area (Å²) < 4.78 is 5.87. The molecular formula is C19H24N4O. The van der Waals surface area contributed by atoms with Crippen molar-refractivity contribution in [2.45, 2.75) is 38.5 Å². The van der Waals surface area contributed by atoms with E-state index >= 15 is 0 Å². The Morgan fingerprint density at radius 3 is 2.71 bits per heavy atom. The molecular weight excluding hydrogens is 300 g/mol. The summed E-state index contributed by atoms with van der Waals surface area (Å²) in [5.41, 5.74) is 2.22. The van der Waals surface area contributed by atoms with E-state index < -0.39 is 0 Å². The molecule has 0 N–H and O–H groups in total. The smallest absolute Gasteiger partial charge is 0.213 e. The van der Waals surface area contributed by atoms with Gasteiger partial charge in [-0.3, -0.25) is 0 Å². The molecule has 1 aliphatic heterocycles. The summed E-state index contributed by atoms with van der Waals surface area (Å²) in [5, 5.41) is 0. The second kappa shape index (κ2) is 6.75. The molecule has 3 heterocycles. The van der Waals surface area contributed by atoms with Crippen LogP contribution in [0.25, 0.3) is 0 Å². The average molecular weight is 324 g/mol. The van der Waals surface area contributed by atoms with Crippen molar-refractivity contribution in [2.24, 2.45) is 5.92 Å². The van der Waals surface area contributed by atoms with Gasteiger partial charge >= 0.3 is 0 Å². The van der Waals surface area contributed by atoms with E-state index in [9.17, 15) is 0 Å². The standard InChI is InChI=1S/C19H24N4O/c1-14-3-2-4-19(22-14)24-12-15-7-9-23(10-8-15)18-11-17(16-5-6-16)20-13-21-18/h2-4,11,13,15-16H,5-10,12H2,1H3. The van der Waals surface area contributed by atoms with Crippen molar-refractivity contribution in [3.63, 3.8) is 0 Å². The minimum Gasteiger partial charge on any atom is -0.477 e. The van der Waals surface area contributed by atoms with E-state index in [1.54, 1.807) is 6.33 Å². The molecule has 2 aromatic heterocycles. The molecule has 5 heteroatoms. The molecule has 5 nitrogen and oxygen atoms in total. The summed E-state index contributed by atoms with van der Waals surface area (Å²) in [4.78, 5) is 15.7. The lowest BCUT2D eigenvalue weighted by atomic mass is 9.98. The zero-order valence-electron chi connectivity index (χ0n) is 14.2. The maximum absolute atomic E-state index is 5.87. The molecule has 1 saturated heterocycles. The minimum atomic E-state index is 0.591. The molecule has 0 amide bonds. The third-order valence-corrected chi connectivity index (χ3v) is 4.94. The Morgan fingerprint density at radius 2 is 1.96 bits per heavy atom. The Hall–Kier alpha value is -2.17. The molecule has 2 fully saturated rings. The SMILES string of the molecule is Cc1cccc(OCC2CCN(c3cc(C4CC4)ncn3)CC2)n1. The number of hydrogen-bond acceptors (Lipinski definition) is 5. The quantitative estimate of drug-likeness (QED) is 0.844. The number of piperidine rings is 1. The Bertz CT molecular complexity index is 693. The van der Waals surface area contributed by atoms with E-state index in [-0.39, 0.29) is 0 Å². The van der Waals surface area contributed by atoms with E-state index in [1.807, 2.05) is 25.1 Å². The molecule has 0 atom stereocenters. The summed E-state index contributed by atoms with van der Waals surface area (Å²) in [7, 11) is 0. The van der Waals surface area contributed by atoms with Crippen molar-refractivity contribution in [3.05, 3.63) is 42.0 Å². The summed E-state index contributed by atoms with van der Waals surface area (Å²) in [6.07, 6.45) is 6.55. The average Bonchev–Trinajstić information content (AvgIpc) is 3.46. The summed E-state index contributed by atoms with van der Waals surface area (Å²) in [5.74, 6) is 3.10. The molecule has 0 unspecified atom stereocenters. The summed E-state index contributed by atoms with van der Waals surface area (Å²) in [6, 6.07) is 8.10. The lowest BCUT2D eigenvalue weighted by molar-refractivity contribution is 0.215. The van der Waals surface area contributed by atoms with Gasteiger partial charge in [-0.25, -0.2) is 15.0 Å². The van der Waals surface area contributed by atoms with Crippen LogP contribution in [0.2, 0.25) is 0 Å². The predicted octanol–water partition coefficient (Wildman–Crippen LogP) is 3.35. The third-order valence-electron chi connectivity index (χ3n) is 4.94. The number of pyridine rings is 1. The van der Waals surface area contributed by atoms with Crippen molar-refractivity contribution in [1.29, 1.82) is 0 Å². The second-order valence-electron chi connectivity index (χ2n) is 6.93. The number of nitrogens with zero attached hydrogens (tertiary/aromatic N) is 4. The first-order valence-electron chi connectivity index (χ1n) is 8.91. The topological polar surface area (TPSA) is 51.1 Å². The summed E-state index contributed by atoms with van der Waals surface area (Å²) in [6.45, 7) is 4.82. The highest BCUT2D eigenvalue weighted by Crippen LogP contribution is 2.39. The van der Waals surface area contributed by atoms with Crippen molar-refractivity contribution in [2.75, 3.05) is 24.6 Å². The highest BCUT2D eigenvalue weighted by molar-refractivity contribution is 5.40. The van der Waals surface area contributed by atoms with Crippen LogP contribution in [0, 0.1) is 12.8 Å². The second-order valence-corrected chi connectivity index (χ2v) is 6.93. The molecule has 24 heavy (non-hydrogen) atoms. The van der Waals surface area contributed by atoms with Gasteiger partial charge in [-0.2, -0.15) is 0 Å². The molecule has 0 spiro atoms. The van der Waals surface area contributed by atoms with Crippen LogP contribution in [0.3, 0.4) is 0 Å². The third kappa shape index (κ3) is 3.66. The van der Waals surface area contributed by atoms with Gasteiger partial charge in [-0.15, -0.1) is 0 Å². The van der Waals surface area contributed by atoms with Gasteiger partial charge < -0.3 is 9.64 Å². The molecule has 0 aromatic carbocycles. The number of anilines is 1. The zero-order valence-corrected chi connectivity index (χ0v) is 14.2. The zero-order chi connectivity index (χ0) is 16.4. The van der Waals surface area contributed by atoms with Gasteiger partial charge in [0.05, 0.1) is 6.61 Å². The highest BCUT2D eigenvalue weighted by atomic mass is 16.5. The van der Waals surface area contributed by atoms with Crippen LogP contribution in [-0.2, 0) is 0 Å². The Morgan fingerprint density at radius 1 is 1.12 bits per heavy atom.